The average Bonchev–Trinajstić information content (AvgIpc) is 3.17. The largest absolute Gasteiger partial charge is 0.409 e. The molecule has 104 valence electrons. The first-order valence-electron chi connectivity index (χ1n) is 6.50. The molecule has 2 rings (SSSR count). The molecular formula is C14H20ClN3O. The van der Waals surface area contributed by atoms with Crippen molar-refractivity contribution in [3.8, 4) is 0 Å². The molecule has 1 saturated carbocycles. The number of amidine groups is 1. The van der Waals surface area contributed by atoms with E-state index in [1.165, 1.54) is 5.56 Å². The van der Waals surface area contributed by atoms with Gasteiger partial charge in [0.15, 0.2) is 0 Å². The van der Waals surface area contributed by atoms with E-state index >= 15 is 0 Å². The van der Waals surface area contributed by atoms with E-state index in [4.69, 9.17) is 22.5 Å². The Hall–Kier alpha value is -1.26. The summed E-state index contributed by atoms with van der Waals surface area (Å²) in [4.78, 5) is 0. The normalized spacial score (nSPS) is 19.2. The summed E-state index contributed by atoms with van der Waals surface area (Å²) in [6.45, 7) is 3.01. The molecule has 1 aliphatic rings. The third-order valence-corrected chi connectivity index (χ3v) is 4.05. The number of nitrogens with one attached hydrogen (secondary N) is 1. The molecule has 5 heteroatoms. The summed E-state index contributed by atoms with van der Waals surface area (Å²) < 4.78 is 0. The number of rotatable bonds is 6. The van der Waals surface area contributed by atoms with Crippen molar-refractivity contribution in [2.75, 3.05) is 6.54 Å². The number of hydrogen-bond acceptors (Lipinski definition) is 3. The van der Waals surface area contributed by atoms with Crippen molar-refractivity contribution in [1.29, 1.82) is 0 Å². The van der Waals surface area contributed by atoms with Gasteiger partial charge in [-0.25, -0.2) is 0 Å². The summed E-state index contributed by atoms with van der Waals surface area (Å²) >= 11 is 5.88. The van der Waals surface area contributed by atoms with Gasteiger partial charge in [0.2, 0.25) is 0 Å². The van der Waals surface area contributed by atoms with Crippen molar-refractivity contribution < 1.29 is 5.21 Å². The quantitative estimate of drug-likeness (QED) is 0.325. The molecule has 1 aromatic rings. The Morgan fingerprint density at radius 3 is 2.63 bits per heavy atom. The zero-order valence-electron chi connectivity index (χ0n) is 11.1. The van der Waals surface area contributed by atoms with Crippen LogP contribution in [0.3, 0.4) is 0 Å². The van der Waals surface area contributed by atoms with E-state index in [-0.39, 0.29) is 11.5 Å². The summed E-state index contributed by atoms with van der Waals surface area (Å²) in [5.41, 5.74) is 6.98. The van der Waals surface area contributed by atoms with Crippen LogP contribution in [0.5, 0.6) is 0 Å². The van der Waals surface area contributed by atoms with E-state index in [9.17, 15) is 0 Å². The zero-order valence-corrected chi connectivity index (χ0v) is 11.8. The number of hydrogen-bond donors (Lipinski definition) is 3. The fraction of sp³-hybridized carbons (Fsp3) is 0.500. The van der Waals surface area contributed by atoms with E-state index in [1.54, 1.807) is 0 Å². The highest BCUT2D eigenvalue weighted by Crippen LogP contribution is 2.48. The summed E-state index contributed by atoms with van der Waals surface area (Å²) in [6, 6.07) is 8.13. The average molecular weight is 282 g/mol. The number of halogens is 1. The van der Waals surface area contributed by atoms with Gasteiger partial charge in [0, 0.05) is 24.0 Å². The van der Waals surface area contributed by atoms with Crippen LogP contribution in [-0.2, 0) is 0 Å². The van der Waals surface area contributed by atoms with Crippen molar-refractivity contribution in [2.24, 2.45) is 16.3 Å². The molecule has 1 atom stereocenters. The number of nitrogens with zero attached hydrogens (tertiary/aromatic N) is 1. The number of benzene rings is 1. The maximum absolute atomic E-state index is 8.64. The summed E-state index contributed by atoms with van der Waals surface area (Å²) in [5, 5.41) is 16.0. The van der Waals surface area contributed by atoms with Crippen LogP contribution < -0.4 is 11.1 Å². The lowest BCUT2D eigenvalue weighted by Crippen LogP contribution is -2.30. The second-order valence-corrected chi connectivity index (χ2v) is 5.86. The molecule has 0 aliphatic heterocycles. The number of oxime groups is 1. The van der Waals surface area contributed by atoms with Gasteiger partial charge in [-0.2, -0.15) is 0 Å². The summed E-state index contributed by atoms with van der Waals surface area (Å²) in [5.74, 6) is 0.318. The predicted molar refractivity (Wildman–Crippen MR) is 77.6 cm³/mol. The smallest absolute Gasteiger partial charge is 0.139 e. The molecule has 4 N–H and O–H groups in total. The van der Waals surface area contributed by atoms with Gasteiger partial charge in [0.05, 0.1) is 0 Å². The predicted octanol–water partition coefficient (Wildman–Crippen LogP) is 2.91. The summed E-state index contributed by atoms with van der Waals surface area (Å²) in [7, 11) is 0. The minimum atomic E-state index is 0.178. The second kappa shape index (κ2) is 5.80. The first-order chi connectivity index (χ1) is 9.04. The van der Waals surface area contributed by atoms with Crippen molar-refractivity contribution in [3.05, 3.63) is 34.9 Å². The molecule has 1 aliphatic carbocycles. The lowest BCUT2D eigenvalue weighted by atomic mass is 10.0. The van der Waals surface area contributed by atoms with Crippen molar-refractivity contribution in [2.45, 2.75) is 32.2 Å². The Morgan fingerprint density at radius 2 is 2.11 bits per heavy atom. The Balaban J connectivity index is 1.87. The van der Waals surface area contributed by atoms with E-state index in [1.807, 2.05) is 24.3 Å². The van der Waals surface area contributed by atoms with Crippen LogP contribution in [0.1, 0.15) is 37.8 Å². The zero-order chi connectivity index (χ0) is 13.9. The van der Waals surface area contributed by atoms with Gasteiger partial charge in [-0.05, 0) is 42.9 Å². The fourth-order valence-electron chi connectivity index (χ4n) is 2.25. The number of nitrogens with two attached hydrogens (primary N) is 1. The van der Waals surface area contributed by atoms with E-state index in [0.717, 1.165) is 24.4 Å². The lowest BCUT2D eigenvalue weighted by molar-refractivity contribution is 0.313. The van der Waals surface area contributed by atoms with Gasteiger partial charge in [-0.1, -0.05) is 28.9 Å². The first-order valence-corrected chi connectivity index (χ1v) is 6.88. The van der Waals surface area contributed by atoms with Crippen LogP contribution in [0.15, 0.2) is 29.4 Å². The molecule has 4 nitrogen and oxygen atoms in total. The first kappa shape index (κ1) is 14.2. The highest BCUT2D eigenvalue weighted by Gasteiger charge is 2.43. The maximum atomic E-state index is 8.64. The van der Waals surface area contributed by atoms with Crippen LogP contribution in [0, 0.1) is 5.41 Å². The summed E-state index contributed by atoms with van der Waals surface area (Å²) in [6.07, 6.45) is 2.91. The maximum Gasteiger partial charge on any atom is 0.139 e. The Morgan fingerprint density at radius 1 is 1.47 bits per heavy atom. The molecule has 0 spiro atoms. The highest BCUT2D eigenvalue weighted by atomic mass is 35.5. The van der Waals surface area contributed by atoms with Gasteiger partial charge in [-0.15, -0.1) is 0 Å². The van der Waals surface area contributed by atoms with Gasteiger partial charge in [-0.3, -0.25) is 0 Å². The third-order valence-electron chi connectivity index (χ3n) is 3.79. The molecule has 1 aromatic carbocycles. The van der Waals surface area contributed by atoms with E-state index in [0.29, 0.717) is 12.3 Å². The van der Waals surface area contributed by atoms with Gasteiger partial charge >= 0.3 is 0 Å². The molecule has 0 saturated heterocycles. The topological polar surface area (TPSA) is 70.6 Å². The Bertz CT molecular complexity index is 454. The molecule has 0 radical (unpaired) electrons. The standard InChI is InChI=1S/C14H20ClN3O/c1-10(11-2-4-12(15)5-3-11)17-9-14(6-7-14)8-13(16)18-19/h2-5,10,17,19H,6-9H2,1H3,(H2,16,18). The van der Waals surface area contributed by atoms with Gasteiger partial charge < -0.3 is 16.3 Å². The molecule has 1 unspecified atom stereocenters. The van der Waals surface area contributed by atoms with Crippen molar-refractivity contribution in [1.82, 2.24) is 5.32 Å². The van der Waals surface area contributed by atoms with E-state index in [2.05, 4.69) is 17.4 Å². The molecule has 0 amide bonds. The van der Waals surface area contributed by atoms with Gasteiger partial charge in [0.1, 0.15) is 5.84 Å². The Kier molecular flexibility index (Phi) is 4.32. The van der Waals surface area contributed by atoms with Crippen LogP contribution in [0.4, 0.5) is 0 Å². The molecule has 19 heavy (non-hydrogen) atoms. The lowest BCUT2D eigenvalue weighted by Gasteiger charge is -2.20. The van der Waals surface area contributed by atoms with Crippen LogP contribution >= 0.6 is 11.6 Å². The minimum absolute atomic E-state index is 0.178. The van der Waals surface area contributed by atoms with Gasteiger partial charge in [0.25, 0.3) is 0 Å². The Labute approximate surface area is 118 Å². The van der Waals surface area contributed by atoms with E-state index < -0.39 is 0 Å². The van der Waals surface area contributed by atoms with Crippen LogP contribution in [0.25, 0.3) is 0 Å². The fourth-order valence-corrected chi connectivity index (χ4v) is 2.38. The van der Waals surface area contributed by atoms with Crippen LogP contribution in [0.2, 0.25) is 5.02 Å². The van der Waals surface area contributed by atoms with Crippen molar-refractivity contribution >= 4 is 17.4 Å². The third kappa shape index (κ3) is 3.85. The monoisotopic (exact) mass is 281 g/mol. The SMILES string of the molecule is CC(NCC1(CC(N)=NO)CC1)c1ccc(Cl)cc1. The second-order valence-electron chi connectivity index (χ2n) is 5.42. The molecule has 1 fully saturated rings. The molecular weight excluding hydrogens is 262 g/mol. The van der Waals surface area contributed by atoms with Crippen LogP contribution in [-0.4, -0.2) is 17.6 Å². The minimum Gasteiger partial charge on any atom is -0.409 e. The highest BCUT2D eigenvalue weighted by molar-refractivity contribution is 6.30. The molecule has 0 aromatic heterocycles. The molecule has 0 bridgehead atoms. The molecule has 0 heterocycles. The van der Waals surface area contributed by atoms with Crippen molar-refractivity contribution in [3.63, 3.8) is 0 Å².